The molecule has 1 unspecified atom stereocenters. The first-order valence-corrected chi connectivity index (χ1v) is 7.80. The van der Waals surface area contributed by atoms with Crippen LogP contribution in [0.2, 0.25) is 0 Å². The van der Waals surface area contributed by atoms with Crippen molar-refractivity contribution in [2.45, 2.75) is 25.8 Å². The molecule has 4 heteroatoms. The lowest BCUT2D eigenvalue weighted by atomic mass is 9.98. The molecule has 0 fully saturated rings. The topological polar surface area (TPSA) is 12.0 Å². The summed E-state index contributed by atoms with van der Waals surface area (Å²) in [6, 6.07) is 11.6. The monoisotopic (exact) mass is 353 g/mol. The lowest BCUT2D eigenvalue weighted by Gasteiger charge is -2.19. The molecule has 0 aromatic heterocycles. The van der Waals surface area contributed by atoms with E-state index in [0.717, 1.165) is 29.1 Å². The van der Waals surface area contributed by atoms with Gasteiger partial charge in [0.25, 0.3) is 0 Å². The fourth-order valence-corrected chi connectivity index (χ4v) is 2.85. The van der Waals surface area contributed by atoms with Gasteiger partial charge in [-0.05, 0) is 54.8 Å². The van der Waals surface area contributed by atoms with Gasteiger partial charge in [0, 0.05) is 10.5 Å². The number of likely N-dealkylation sites (N-methyl/N-ethyl adjacent to an activating group) is 1. The minimum atomic E-state index is -0.400. The van der Waals surface area contributed by atoms with Crippen LogP contribution < -0.4 is 5.32 Å². The normalized spacial score (nSPS) is 12.4. The average molecular weight is 354 g/mol. The summed E-state index contributed by atoms with van der Waals surface area (Å²) in [6.07, 6.45) is 1.21. The summed E-state index contributed by atoms with van der Waals surface area (Å²) in [5.74, 6) is -0.756. The van der Waals surface area contributed by atoms with Crippen LogP contribution in [0, 0.1) is 11.6 Å². The van der Waals surface area contributed by atoms with Crippen LogP contribution in [0.5, 0.6) is 0 Å². The molecule has 0 saturated carbocycles. The molecule has 1 nitrogen and oxygen atoms in total. The van der Waals surface area contributed by atoms with Gasteiger partial charge in [-0.2, -0.15) is 0 Å². The van der Waals surface area contributed by atoms with Gasteiger partial charge in [0.05, 0.1) is 0 Å². The van der Waals surface area contributed by atoms with Crippen molar-refractivity contribution in [3.63, 3.8) is 0 Å². The van der Waals surface area contributed by atoms with Crippen molar-refractivity contribution in [1.29, 1.82) is 0 Å². The van der Waals surface area contributed by atoms with E-state index in [1.165, 1.54) is 12.1 Å². The van der Waals surface area contributed by atoms with E-state index in [1.807, 2.05) is 31.2 Å². The second kappa shape index (κ2) is 7.66. The van der Waals surface area contributed by atoms with Gasteiger partial charge < -0.3 is 5.32 Å². The van der Waals surface area contributed by atoms with Crippen molar-refractivity contribution >= 4 is 15.9 Å². The second-order valence-corrected chi connectivity index (χ2v) is 5.84. The molecule has 0 aliphatic carbocycles. The van der Waals surface area contributed by atoms with E-state index in [9.17, 15) is 8.78 Å². The number of hydrogen-bond donors (Lipinski definition) is 1. The lowest BCUT2D eigenvalue weighted by molar-refractivity contribution is 0.501. The van der Waals surface area contributed by atoms with Crippen LogP contribution in [-0.2, 0) is 12.8 Å². The quantitative estimate of drug-likeness (QED) is 0.806. The summed E-state index contributed by atoms with van der Waals surface area (Å²) < 4.78 is 28.1. The molecular formula is C17H18BrF2N. The Balaban J connectivity index is 2.16. The predicted octanol–water partition coefficient (Wildman–Crippen LogP) is 4.49. The maximum absolute atomic E-state index is 13.8. The number of halogens is 3. The summed E-state index contributed by atoms with van der Waals surface area (Å²) >= 11 is 3.53. The molecule has 2 aromatic carbocycles. The summed E-state index contributed by atoms with van der Waals surface area (Å²) in [5, 5.41) is 3.34. The molecule has 0 aliphatic rings. The third-order valence-corrected chi connectivity index (χ3v) is 4.16. The Labute approximate surface area is 132 Å². The van der Waals surface area contributed by atoms with Crippen LogP contribution in [0.1, 0.15) is 18.1 Å². The van der Waals surface area contributed by atoms with E-state index in [1.54, 1.807) is 0 Å². The first-order chi connectivity index (χ1) is 10.1. The lowest BCUT2D eigenvalue weighted by Crippen LogP contribution is -2.33. The second-order valence-electron chi connectivity index (χ2n) is 4.99. The van der Waals surface area contributed by atoms with Crippen molar-refractivity contribution in [1.82, 2.24) is 5.32 Å². The van der Waals surface area contributed by atoms with Crippen LogP contribution in [0.4, 0.5) is 8.78 Å². The summed E-state index contributed by atoms with van der Waals surface area (Å²) in [4.78, 5) is 0. The molecule has 1 atom stereocenters. The van der Waals surface area contributed by atoms with Crippen molar-refractivity contribution in [3.8, 4) is 0 Å². The van der Waals surface area contributed by atoms with E-state index in [-0.39, 0.29) is 11.9 Å². The van der Waals surface area contributed by atoms with E-state index >= 15 is 0 Å². The minimum Gasteiger partial charge on any atom is -0.314 e. The van der Waals surface area contributed by atoms with Crippen LogP contribution in [-0.4, -0.2) is 12.6 Å². The third-order valence-electron chi connectivity index (χ3n) is 3.39. The van der Waals surface area contributed by atoms with Gasteiger partial charge in [-0.1, -0.05) is 41.1 Å². The smallest absolute Gasteiger partial charge is 0.126 e. The Morgan fingerprint density at radius 2 is 1.76 bits per heavy atom. The zero-order chi connectivity index (χ0) is 15.2. The fraction of sp³-hybridized carbons (Fsp3) is 0.294. The minimum absolute atomic E-state index is 0.0602. The molecule has 0 saturated heterocycles. The highest BCUT2D eigenvalue weighted by Crippen LogP contribution is 2.20. The van der Waals surface area contributed by atoms with Crippen LogP contribution in [0.15, 0.2) is 46.9 Å². The highest BCUT2D eigenvalue weighted by Gasteiger charge is 2.14. The summed E-state index contributed by atoms with van der Waals surface area (Å²) in [5.41, 5.74) is 1.56. The average Bonchev–Trinajstić information content (AvgIpc) is 2.45. The van der Waals surface area contributed by atoms with Gasteiger partial charge >= 0.3 is 0 Å². The predicted molar refractivity (Wildman–Crippen MR) is 85.4 cm³/mol. The molecular weight excluding hydrogens is 336 g/mol. The molecule has 0 bridgehead atoms. The highest BCUT2D eigenvalue weighted by atomic mass is 79.9. The zero-order valence-corrected chi connectivity index (χ0v) is 13.5. The third kappa shape index (κ3) is 4.61. The number of rotatable bonds is 6. The molecule has 2 aromatic rings. The van der Waals surface area contributed by atoms with Crippen molar-refractivity contribution < 1.29 is 8.78 Å². The Hall–Kier alpha value is -1.26. The molecule has 2 rings (SSSR count). The Kier molecular flexibility index (Phi) is 5.88. The van der Waals surface area contributed by atoms with E-state index in [0.29, 0.717) is 12.0 Å². The van der Waals surface area contributed by atoms with Gasteiger partial charge in [-0.25, -0.2) is 8.78 Å². The Bertz CT molecular complexity index is 601. The van der Waals surface area contributed by atoms with E-state index < -0.39 is 5.82 Å². The first kappa shape index (κ1) is 16.1. The van der Waals surface area contributed by atoms with Crippen molar-refractivity contribution in [3.05, 3.63) is 69.7 Å². The van der Waals surface area contributed by atoms with Gasteiger partial charge in [0.1, 0.15) is 11.6 Å². The first-order valence-electron chi connectivity index (χ1n) is 7.01. The number of hydrogen-bond acceptors (Lipinski definition) is 1. The number of benzene rings is 2. The molecule has 0 heterocycles. The van der Waals surface area contributed by atoms with Crippen LogP contribution in [0.25, 0.3) is 0 Å². The van der Waals surface area contributed by atoms with Crippen LogP contribution in [0.3, 0.4) is 0 Å². The largest absolute Gasteiger partial charge is 0.314 e. The fourth-order valence-electron chi connectivity index (χ4n) is 2.40. The molecule has 0 radical (unpaired) electrons. The molecule has 21 heavy (non-hydrogen) atoms. The summed E-state index contributed by atoms with van der Waals surface area (Å²) in [6.45, 7) is 2.79. The Morgan fingerprint density at radius 3 is 2.48 bits per heavy atom. The van der Waals surface area contributed by atoms with Crippen molar-refractivity contribution in [2.75, 3.05) is 6.54 Å². The maximum Gasteiger partial charge on any atom is 0.126 e. The van der Waals surface area contributed by atoms with Gasteiger partial charge in [-0.15, -0.1) is 0 Å². The van der Waals surface area contributed by atoms with E-state index in [2.05, 4.69) is 21.2 Å². The van der Waals surface area contributed by atoms with Crippen molar-refractivity contribution in [2.24, 2.45) is 0 Å². The van der Waals surface area contributed by atoms with Gasteiger partial charge in [0.2, 0.25) is 0 Å². The Morgan fingerprint density at radius 1 is 1.05 bits per heavy atom. The molecule has 0 aliphatic heterocycles. The standard InChI is InChI=1S/C17H18BrF2N/c1-2-21-15(10-12-5-3-4-6-16(12)18)11-13-9-14(19)7-8-17(13)20/h3-9,15,21H,2,10-11H2,1H3. The highest BCUT2D eigenvalue weighted by molar-refractivity contribution is 9.10. The molecule has 1 N–H and O–H groups in total. The SMILES string of the molecule is CCNC(Cc1cc(F)ccc1F)Cc1ccccc1Br. The van der Waals surface area contributed by atoms with Gasteiger partial charge in [-0.3, -0.25) is 0 Å². The van der Waals surface area contributed by atoms with Crippen LogP contribution >= 0.6 is 15.9 Å². The van der Waals surface area contributed by atoms with E-state index in [4.69, 9.17) is 0 Å². The number of nitrogens with one attached hydrogen (secondary N) is 1. The summed E-state index contributed by atoms with van der Waals surface area (Å²) in [7, 11) is 0. The molecule has 112 valence electrons. The molecule has 0 amide bonds. The van der Waals surface area contributed by atoms with Gasteiger partial charge in [0.15, 0.2) is 0 Å². The maximum atomic E-state index is 13.8. The molecule has 0 spiro atoms. The zero-order valence-electron chi connectivity index (χ0n) is 11.9.